The van der Waals surface area contributed by atoms with E-state index in [0.29, 0.717) is 22.9 Å². The molecule has 0 bridgehead atoms. The molecule has 134 valence electrons. The molecular formula is C17H23N5O2S. The number of thiophene rings is 1. The first kappa shape index (κ1) is 17.6. The van der Waals surface area contributed by atoms with Crippen LogP contribution in [0.3, 0.4) is 0 Å². The smallest absolute Gasteiger partial charge is 0.271 e. The first-order valence-electron chi connectivity index (χ1n) is 8.53. The zero-order valence-electron chi connectivity index (χ0n) is 14.3. The number of anilines is 1. The Kier molecular flexibility index (Phi) is 5.83. The third-order valence-electron chi connectivity index (χ3n) is 4.26. The molecule has 0 atom stereocenters. The zero-order chi connectivity index (χ0) is 17.6. The van der Waals surface area contributed by atoms with Gasteiger partial charge in [0.2, 0.25) is 0 Å². The fourth-order valence-electron chi connectivity index (χ4n) is 2.88. The van der Waals surface area contributed by atoms with Gasteiger partial charge >= 0.3 is 0 Å². The molecule has 0 aromatic carbocycles. The third-order valence-corrected chi connectivity index (χ3v) is 5.13. The van der Waals surface area contributed by atoms with Gasteiger partial charge in [-0.2, -0.15) is 5.10 Å². The van der Waals surface area contributed by atoms with Crippen molar-refractivity contribution in [3.05, 3.63) is 34.2 Å². The molecule has 8 heteroatoms. The summed E-state index contributed by atoms with van der Waals surface area (Å²) < 4.78 is 1.51. The molecule has 0 spiro atoms. The number of hydrogen-bond donors (Lipinski definition) is 2. The Bertz CT molecular complexity index is 719. The number of likely N-dealkylation sites (tertiary alicyclic amines) is 1. The summed E-state index contributed by atoms with van der Waals surface area (Å²) >= 11 is 1.37. The molecule has 1 aliphatic heterocycles. The Labute approximate surface area is 151 Å². The second-order valence-electron chi connectivity index (χ2n) is 6.13. The highest BCUT2D eigenvalue weighted by Crippen LogP contribution is 2.14. The number of piperidine rings is 1. The van der Waals surface area contributed by atoms with Crippen LogP contribution in [0.25, 0.3) is 0 Å². The predicted octanol–water partition coefficient (Wildman–Crippen LogP) is 1.95. The van der Waals surface area contributed by atoms with Gasteiger partial charge in [0.25, 0.3) is 11.8 Å². The van der Waals surface area contributed by atoms with Crippen LogP contribution in [-0.4, -0.2) is 52.7 Å². The maximum Gasteiger partial charge on any atom is 0.271 e. The molecule has 1 aliphatic rings. The largest absolute Gasteiger partial charge is 0.349 e. The standard InChI is InChI=1S/C17H23N5O2S/c1-21-15(19-17(24)14-6-5-11-25-14)12-13(20-21)16(23)18-7-10-22-8-3-2-4-9-22/h5-6,11-12H,2-4,7-10H2,1H3,(H,18,23)(H,19,24). The summed E-state index contributed by atoms with van der Waals surface area (Å²) in [6.45, 7) is 3.68. The van der Waals surface area contributed by atoms with Crippen LogP contribution in [0.4, 0.5) is 5.82 Å². The van der Waals surface area contributed by atoms with E-state index >= 15 is 0 Å². The molecular weight excluding hydrogens is 338 g/mol. The summed E-state index contributed by atoms with van der Waals surface area (Å²) in [5, 5.41) is 11.7. The maximum atomic E-state index is 12.3. The summed E-state index contributed by atoms with van der Waals surface area (Å²) in [7, 11) is 1.70. The monoisotopic (exact) mass is 361 g/mol. The van der Waals surface area contributed by atoms with Crippen LogP contribution in [-0.2, 0) is 7.05 Å². The van der Waals surface area contributed by atoms with Gasteiger partial charge < -0.3 is 15.5 Å². The number of rotatable bonds is 6. The normalized spacial score (nSPS) is 15.1. The first-order valence-corrected chi connectivity index (χ1v) is 9.41. The molecule has 0 radical (unpaired) electrons. The summed E-state index contributed by atoms with van der Waals surface area (Å²) in [6, 6.07) is 5.18. The number of nitrogens with one attached hydrogen (secondary N) is 2. The van der Waals surface area contributed by atoms with E-state index in [0.717, 1.165) is 19.6 Å². The van der Waals surface area contributed by atoms with Crippen molar-refractivity contribution in [3.8, 4) is 0 Å². The van der Waals surface area contributed by atoms with Crippen LogP contribution in [0.1, 0.15) is 39.4 Å². The molecule has 0 aliphatic carbocycles. The lowest BCUT2D eigenvalue weighted by Gasteiger charge is -2.26. The van der Waals surface area contributed by atoms with Gasteiger partial charge in [0.15, 0.2) is 5.69 Å². The minimum absolute atomic E-state index is 0.199. The van der Waals surface area contributed by atoms with E-state index in [4.69, 9.17) is 0 Å². The highest BCUT2D eigenvalue weighted by Gasteiger charge is 2.16. The molecule has 0 unspecified atom stereocenters. The molecule has 3 heterocycles. The van der Waals surface area contributed by atoms with Crippen molar-refractivity contribution >= 4 is 29.0 Å². The number of carbonyl (C=O) groups excluding carboxylic acids is 2. The van der Waals surface area contributed by atoms with Crippen LogP contribution in [0, 0.1) is 0 Å². The number of carbonyl (C=O) groups is 2. The van der Waals surface area contributed by atoms with Crippen molar-refractivity contribution in [2.45, 2.75) is 19.3 Å². The Morgan fingerprint density at radius 2 is 2.04 bits per heavy atom. The Hall–Kier alpha value is -2.19. The molecule has 25 heavy (non-hydrogen) atoms. The van der Waals surface area contributed by atoms with Crippen molar-refractivity contribution in [1.82, 2.24) is 20.0 Å². The first-order chi connectivity index (χ1) is 12.1. The van der Waals surface area contributed by atoms with Gasteiger partial charge in [-0.25, -0.2) is 0 Å². The fraction of sp³-hybridized carbons (Fsp3) is 0.471. The number of aryl methyl sites for hydroxylation is 1. The highest BCUT2D eigenvalue weighted by molar-refractivity contribution is 7.12. The van der Waals surface area contributed by atoms with E-state index in [1.54, 1.807) is 19.2 Å². The number of aromatic nitrogens is 2. The van der Waals surface area contributed by atoms with E-state index in [1.807, 2.05) is 11.4 Å². The van der Waals surface area contributed by atoms with Crippen molar-refractivity contribution in [2.24, 2.45) is 7.05 Å². The Morgan fingerprint density at radius 1 is 1.24 bits per heavy atom. The van der Waals surface area contributed by atoms with Crippen molar-refractivity contribution < 1.29 is 9.59 Å². The molecule has 7 nitrogen and oxygen atoms in total. The number of amides is 2. The topological polar surface area (TPSA) is 79.3 Å². The maximum absolute atomic E-state index is 12.3. The van der Waals surface area contributed by atoms with E-state index < -0.39 is 0 Å². The van der Waals surface area contributed by atoms with E-state index in [-0.39, 0.29) is 11.8 Å². The molecule has 0 saturated carbocycles. The average molecular weight is 361 g/mol. The molecule has 1 fully saturated rings. The molecule has 1 saturated heterocycles. The van der Waals surface area contributed by atoms with E-state index in [9.17, 15) is 9.59 Å². The van der Waals surface area contributed by atoms with Crippen molar-refractivity contribution in [2.75, 3.05) is 31.5 Å². The van der Waals surface area contributed by atoms with Gasteiger partial charge in [0, 0.05) is 26.2 Å². The molecule has 2 aromatic heterocycles. The minimum Gasteiger partial charge on any atom is -0.349 e. The van der Waals surface area contributed by atoms with Gasteiger partial charge in [-0.05, 0) is 37.4 Å². The zero-order valence-corrected chi connectivity index (χ0v) is 15.1. The lowest BCUT2D eigenvalue weighted by Crippen LogP contribution is -2.37. The Morgan fingerprint density at radius 3 is 2.76 bits per heavy atom. The lowest BCUT2D eigenvalue weighted by molar-refractivity contribution is 0.0940. The van der Waals surface area contributed by atoms with E-state index in [1.165, 1.54) is 35.3 Å². The van der Waals surface area contributed by atoms with Gasteiger partial charge in [0.1, 0.15) is 5.82 Å². The summed E-state index contributed by atoms with van der Waals surface area (Å²) in [5.74, 6) is 0.0823. The van der Waals surface area contributed by atoms with Crippen LogP contribution in [0.5, 0.6) is 0 Å². The fourth-order valence-corrected chi connectivity index (χ4v) is 3.50. The molecule has 2 N–H and O–H groups in total. The minimum atomic E-state index is -0.218. The second-order valence-corrected chi connectivity index (χ2v) is 7.08. The molecule has 2 aromatic rings. The average Bonchev–Trinajstić information content (AvgIpc) is 3.26. The van der Waals surface area contributed by atoms with Crippen LogP contribution < -0.4 is 10.6 Å². The van der Waals surface area contributed by atoms with Crippen LogP contribution in [0.2, 0.25) is 0 Å². The number of hydrogen-bond acceptors (Lipinski definition) is 5. The summed E-state index contributed by atoms with van der Waals surface area (Å²) in [5.41, 5.74) is 0.308. The SMILES string of the molecule is Cn1nc(C(=O)NCCN2CCCCC2)cc1NC(=O)c1cccs1. The number of nitrogens with zero attached hydrogens (tertiary/aromatic N) is 3. The second kappa shape index (κ2) is 8.26. The quantitative estimate of drug-likeness (QED) is 0.824. The van der Waals surface area contributed by atoms with Gasteiger partial charge in [0.05, 0.1) is 4.88 Å². The van der Waals surface area contributed by atoms with Gasteiger partial charge in [-0.15, -0.1) is 11.3 Å². The van der Waals surface area contributed by atoms with E-state index in [2.05, 4.69) is 20.6 Å². The lowest BCUT2D eigenvalue weighted by atomic mass is 10.1. The van der Waals surface area contributed by atoms with Crippen LogP contribution in [0.15, 0.2) is 23.6 Å². The summed E-state index contributed by atoms with van der Waals surface area (Å²) in [4.78, 5) is 27.3. The summed E-state index contributed by atoms with van der Waals surface area (Å²) in [6.07, 6.45) is 3.78. The predicted molar refractivity (Wildman–Crippen MR) is 98.1 cm³/mol. The van der Waals surface area contributed by atoms with Gasteiger partial charge in [-0.3, -0.25) is 14.3 Å². The third kappa shape index (κ3) is 4.67. The Balaban J connectivity index is 1.52. The molecule has 3 rings (SSSR count). The van der Waals surface area contributed by atoms with Crippen molar-refractivity contribution in [1.29, 1.82) is 0 Å². The van der Waals surface area contributed by atoms with Crippen LogP contribution >= 0.6 is 11.3 Å². The van der Waals surface area contributed by atoms with Gasteiger partial charge in [-0.1, -0.05) is 12.5 Å². The highest BCUT2D eigenvalue weighted by atomic mass is 32.1. The van der Waals surface area contributed by atoms with Crippen molar-refractivity contribution in [3.63, 3.8) is 0 Å². The molecule has 2 amide bonds.